The van der Waals surface area contributed by atoms with E-state index >= 15 is 0 Å². The Morgan fingerprint density at radius 3 is 2.25 bits per heavy atom. The van der Waals surface area contributed by atoms with Crippen LogP contribution in [-0.2, 0) is 11.2 Å². The summed E-state index contributed by atoms with van der Waals surface area (Å²) in [5.74, 6) is -0.236. The summed E-state index contributed by atoms with van der Waals surface area (Å²) in [4.78, 5) is 33.2. The maximum absolute atomic E-state index is 12.3. The maximum atomic E-state index is 12.3. The molecule has 0 fully saturated rings. The van der Waals surface area contributed by atoms with E-state index in [2.05, 4.69) is 25.9 Å². The lowest BCUT2D eigenvalue weighted by molar-refractivity contribution is -0.121. The van der Waals surface area contributed by atoms with Crippen molar-refractivity contribution in [1.82, 2.24) is 30.6 Å². The SMILES string of the molecule is Cc1cc(C)nc(-n2nc(C)c(CC(=O)NNC(=O)c3ccccc3)c2C)n1. The van der Waals surface area contributed by atoms with Crippen LogP contribution in [0.2, 0.25) is 0 Å². The summed E-state index contributed by atoms with van der Waals surface area (Å²) >= 11 is 0. The molecule has 0 bridgehead atoms. The fourth-order valence-electron chi connectivity index (χ4n) is 2.92. The molecule has 2 amide bonds. The Morgan fingerprint density at radius 2 is 1.61 bits per heavy atom. The number of nitrogens with zero attached hydrogens (tertiary/aromatic N) is 4. The van der Waals surface area contributed by atoms with Gasteiger partial charge in [0, 0.05) is 28.2 Å². The van der Waals surface area contributed by atoms with Crippen molar-refractivity contribution in [3.8, 4) is 5.95 Å². The molecular formula is C20H22N6O2. The number of amides is 2. The molecule has 8 heteroatoms. The van der Waals surface area contributed by atoms with E-state index in [0.717, 1.165) is 22.6 Å². The van der Waals surface area contributed by atoms with Gasteiger partial charge in [-0.15, -0.1) is 0 Å². The van der Waals surface area contributed by atoms with Gasteiger partial charge in [-0.25, -0.2) is 14.6 Å². The number of carbonyl (C=O) groups is 2. The molecule has 1 aromatic carbocycles. The van der Waals surface area contributed by atoms with Crippen LogP contribution in [0.3, 0.4) is 0 Å². The normalized spacial score (nSPS) is 10.6. The van der Waals surface area contributed by atoms with Crippen molar-refractivity contribution >= 4 is 11.8 Å². The number of hydrogen-bond acceptors (Lipinski definition) is 5. The molecule has 0 radical (unpaired) electrons. The van der Waals surface area contributed by atoms with E-state index in [9.17, 15) is 9.59 Å². The van der Waals surface area contributed by atoms with Crippen molar-refractivity contribution in [3.63, 3.8) is 0 Å². The molecule has 0 aliphatic rings. The summed E-state index contributed by atoms with van der Waals surface area (Å²) in [5.41, 5.74) is 9.29. The first-order valence-corrected chi connectivity index (χ1v) is 8.87. The molecule has 0 atom stereocenters. The van der Waals surface area contributed by atoms with Crippen molar-refractivity contribution in [2.45, 2.75) is 34.1 Å². The summed E-state index contributed by atoms with van der Waals surface area (Å²) in [6.07, 6.45) is 0.0809. The van der Waals surface area contributed by atoms with Gasteiger partial charge in [-0.05, 0) is 45.9 Å². The summed E-state index contributed by atoms with van der Waals surface area (Å²) in [6.45, 7) is 7.49. The Labute approximate surface area is 163 Å². The number of aryl methyl sites for hydroxylation is 3. The molecule has 0 spiro atoms. The molecule has 2 N–H and O–H groups in total. The summed E-state index contributed by atoms with van der Waals surface area (Å²) in [6, 6.07) is 10.6. The van der Waals surface area contributed by atoms with E-state index < -0.39 is 0 Å². The van der Waals surface area contributed by atoms with Gasteiger partial charge in [0.1, 0.15) is 0 Å². The first kappa shape index (κ1) is 19.2. The quantitative estimate of drug-likeness (QED) is 0.675. The second-order valence-corrected chi connectivity index (χ2v) is 6.56. The Bertz CT molecular complexity index is 1010. The molecule has 0 saturated carbocycles. The Balaban J connectivity index is 1.71. The molecule has 3 aromatic rings. The van der Waals surface area contributed by atoms with Crippen molar-refractivity contribution < 1.29 is 9.59 Å². The molecular weight excluding hydrogens is 356 g/mol. The van der Waals surface area contributed by atoms with Crippen LogP contribution in [0.1, 0.15) is 38.7 Å². The van der Waals surface area contributed by atoms with Gasteiger partial charge in [0.05, 0.1) is 12.1 Å². The molecule has 2 heterocycles. The van der Waals surface area contributed by atoms with Gasteiger partial charge in [0.25, 0.3) is 11.9 Å². The van der Waals surface area contributed by atoms with E-state index in [1.165, 1.54) is 0 Å². The summed E-state index contributed by atoms with van der Waals surface area (Å²) in [5, 5.41) is 4.48. The van der Waals surface area contributed by atoms with E-state index in [1.807, 2.05) is 39.8 Å². The first-order chi connectivity index (χ1) is 13.3. The second-order valence-electron chi connectivity index (χ2n) is 6.56. The third-order valence-corrected chi connectivity index (χ3v) is 4.29. The molecule has 8 nitrogen and oxygen atoms in total. The zero-order valence-corrected chi connectivity index (χ0v) is 16.3. The smallest absolute Gasteiger partial charge is 0.269 e. The van der Waals surface area contributed by atoms with E-state index in [0.29, 0.717) is 17.2 Å². The van der Waals surface area contributed by atoms with Gasteiger partial charge in [-0.1, -0.05) is 18.2 Å². The van der Waals surface area contributed by atoms with Crippen LogP contribution < -0.4 is 10.9 Å². The van der Waals surface area contributed by atoms with Gasteiger partial charge in [-0.3, -0.25) is 20.4 Å². The highest BCUT2D eigenvalue weighted by molar-refractivity contribution is 5.95. The highest BCUT2D eigenvalue weighted by Gasteiger charge is 2.18. The number of nitrogens with one attached hydrogen (secondary N) is 2. The lowest BCUT2D eigenvalue weighted by Crippen LogP contribution is -2.42. The van der Waals surface area contributed by atoms with Crippen LogP contribution in [-0.4, -0.2) is 31.6 Å². The van der Waals surface area contributed by atoms with Gasteiger partial charge < -0.3 is 0 Å². The number of rotatable bonds is 4. The molecule has 28 heavy (non-hydrogen) atoms. The molecule has 0 unspecified atom stereocenters. The third-order valence-electron chi connectivity index (χ3n) is 4.29. The molecule has 2 aromatic heterocycles. The monoisotopic (exact) mass is 378 g/mol. The molecule has 144 valence electrons. The standard InChI is InChI=1S/C20H22N6O2/c1-12-10-13(2)22-20(21-12)26-15(4)17(14(3)25-26)11-18(27)23-24-19(28)16-8-6-5-7-9-16/h5-10H,11H2,1-4H3,(H,23,27)(H,24,28). The van der Waals surface area contributed by atoms with Crippen LogP contribution >= 0.6 is 0 Å². The van der Waals surface area contributed by atoms with Gasteiger partial charge in [0.2, 0.25) is 5.91 Å². The highest BCUT2D eigenvalue weighted by atomic mass is 16.2. The van der Waals surface area contributed by atoms with Crippen LogP contribution in [0.4, 0.5) is 0 Å². The fourth-order valence-corrected chi connectivity index (χ4v) is 2.92. The largest absolute Gasteiger partial charge is 0.273 e. The minimum absolute atomic E-state index is 0.0809. The summed E-state index contributed by atoms with van der Waals surface area (Å²) < 4.78 is 1.64. The minimum Gasteiger partial charge on any atom is -0.273 e. The number of benzene rings is 1. The average Bonchev–Trinajstić information content (AvgIpc) is 2.94. The van der Waals surface area contributed by atoms with Crippen LogP contribution in [0.25, 0.3) is 5.95 Å². The number of hydrogen-bond donors (Lipinski definition) is 2. The molecule has 0 aliphatic heterocycles. The maximum Gasteiger partial charge on any atom is 0.269 e. The van der Waals surface area contributed by atoms with Gasteiger partial charge in [-0.2, -0.15) is 5.10 Å². The van der Waals surface area contributed by atoms with Crippen molar-refractivity contribution in [2.24, 2.45) is 0 Å². The Kier molecular flexibility index (Phi) is 5.49. The van der Waals surface area contributed by atoms with Crippen molar-refractivity contribution in [3.05, 3.63) is 70.3 Å². The average molecular weight is 378 g/mol. The highest BCUT2D eigenvalue weighted by Crippen LogP contribution is 2.17. The van der Waals surface area contributed by atoms with E-state index in [1.54, 1.807) is 28.9 Å². The zero-order chi connectivity index (χ0) is 20.3. The number of aromatic nitrogens is 4. The lowest BCUT2D eigenvalue weighted by Gasteiger charge is -2.08. The van der Waals surface area contributed by atoms with E-state index in [-0.39, 0.29) is 18.2 Å². The molecule has 0 aliphatic carbocycles. The molecule has 3 rings (SSSR count). The zero-order valence-electron chi connectivity index (χ0n) is 16.3. The predicted octanol–water partition coefficient (Wildman–Crippen LogP) is 1.90. The third kappa shape index (κ3) is 4.22. The Hall–Kier alpha value is -3.55. The van der Waals surface area contributed by atoms with Crippen LogP contribution in [0.15, 0.2) is 36.4 Å². The van der Waals surface area contributed by atoms with Gasteiger partial charge in [0.15, 0.2) is 0 Å². The number of carbonyl (C=O) groups excluding carboxylic acids is 2. The minimum atomic E-state index is -0.373. The van der Waals surface area contributed by atoms with Crippen molar-refractivity contribution in [1.29, 1.82) is 0 Å². The topological polar surface area (TPSA) is 102 Å². The van der Waals surface area contributed by atoms with Crippen LogP contribution in [0.5, 0.6) is 0 Å². The predicted molar refractivity (Wildman–Crippen MR) is 104 cm³/mol. The summed E-state index contributed by atoms with van der Waals surface area (Å²) in [7, 11) is 0. The lowest BCUT2D eigenvalue weighted by atomic mass is 10.1. The second kappa shape index (κ2) is 7.99. The van der Waals surface area contributed by atoms with Crippen LogP contribution in [0, 0.1) is 27.7 Å². The first-order valence-electron chi connectivity index (χ1n) is 8.87. The molecule has 0 saturated heterocycles. The Morgan fingerprint density at radius 1 is 0.964 bits per heavy atom. The number of hydrazine groups is 1. The van der Waals surface area contributed by atoms with Crippen molar-refractivity contribution in [2.75, 3.05) is 0 Å². The fraction of sp³-hybridized carbons (Fsp3) is 0.250. The van der Waals surface area contributed by atoms with Gasteiger partial charge >= 0.3 is 0 Å². The van der Waals surface area contributed by atoms with E-state index in [4.69, 9.17) is 0 Å².